The third kappa shape index (κ3) is 1.11. The Labute approximate surface area is 57.0 Å². The first-order valence-corrected chi connectivity index (χ1v) is 4.17. The molecule has 2 heterocycles. The van der Waals surface area contributed by atoms with Crippen molar-refractivity contribution < 1.29 is 0 Å². The van der Waals surface area contributed by atoms with Crippen molar-refractivity contribution >= 4 is 0 Å². The summed E-state index contributed by atoms with van der Waals surface area (Å²) in [5.74, 6) is 1.08. The van der Waals surface area contributed by atoms with Gasteiger partial charge in [0.1, 0.15) is 19.6 Å². The van der Waals surface area contributed by atoms with E-state index in [4.69, 9.17) is 0 Å². The number of fused-ring (bicyclic) bond motifs is 2. The molecule has 0 amide bonds. The average molecular weight is 125 g/mol. The van der Waals surface area contributed by atoms with E-state index in [1.54, 1.807) is 0 Å². The number of nitrogens with zero attached hydrogens (tertiary/aromatic N) is 1. The normalized spacial score (nSPS) is 42.7. The van der Waals surface area contributed by atoms with E-state index in [9.17, 15) is 0 Å². The summed E-state index contributed by atoms with van der Waals surface area (Å²) < 4.78 is 0. The largest absolute Gasteiger partial charge is 0.170 e. The van der Waals surface area contributed by atoms with Crippen molar-refractivity contribution in [2.75, 3.05) is 19.6 Å². The smallest absolute Gasteiger partial charge is 0.125 e. The maximum atomic E-state index is 2.62. The van der Waals surface area contributed by atoms with E-state index in [-0.39, 0.29) is 0 Å². The first kappa shape index (κ1) is 5.72. The van der Waals surface area contributed by atoms with E-state index in [1.165, 1.54) is 45.3 Å². The molecule has 0 aromatic carbocycles. The summed E-state index contributed by atoms with van der Waals surface area (Å²) in [4.78, 5) is 2.62. The Morgan fingerprint density at radius 2 is 2.00 bits per heavy atom. The highest BCUT2D eigenvalue weighted by molar-refractivity contribution is 4.82. The minimum absolute atomic E-state index is 1.08. The van der Waals surface area contributed by atoms with E-state index >= 15 is 0 Å². The average Bonchev–Trinajstić information content (AvgIpc) is 2.09. The highest BCUT2D eigenvalue weighted by Gasteiger charge is 2.31. The van der Waals surface area contributed by atoms with E-state index in [0.29, 0.717) is 0 Å². The second-order valence-electron chi connectivity index (χ2n) is 3.45. The van der Waals surface area contributed by atoms with Gasteiger partial charge in [0.15, 0.2) is 0 Å². The standard InChI is InChI=1S/C8H15N/c1-2-5-9-6-4-8(3-1)7-9/h8H,1-7H2/q+1. The first-order valence-electron chi connectivity index (χ1n) is 4.17. The predicted molar refractivity (Wildman–Crippen MR) is 38.7 cm³/mol. The summed E-state index contributed by atoms with van der Waals surface area (Å²) in [6, 6.07) is 0. The molecule has 0 aromatic rings. The number of hydrogen-bond donors (Lipinski definition) is 0. The third-order valence-corrected chi connectivity index (χ3v) is 2.71. The Morgan fingerprint density at radius 3 is 3.00 bits per heavy atom. The fourth-order valence-electron chi connectivity index (χ4n) is 2.12. The zero-order chi connectivity index (χ0) is 6.10. The van der Waals surface area contributed by atoms with Crippen LogP contribution in [0.25, 0.3) is 0 Å². The van der Waals surface area contributed by atoms with Gasteiger partial charge in [0, 0.05) is 18.8 Å². The molecule has 1 radical (unpaired) electrons. The van der Waals surface area contributed by atoms with Crippen LogP contribution in [-0.2, 0) is 0 Å². The highest BCUT2D eigenvalue weighted by Crippen LogP contribution is 2.23. The Hall–Kier alpha value is -0.0400. The molecule has 51 valence electrons. The summed E-state index contributed by atoms with van der Waals surface area (Å²) >= 11 is 0. The van der Waals surface area contributed by atoms with Gasteiger partial charge >= 0.3 is 0 Å². The molecule has 2 unspecified atom stereocenters. The lowest BCUT2D eigenvalue weighted by molar-refractivity contribution is 0.482. The predicted octanol–water partition coefficient (Wildman–Crippen LogP) is 1.33. The zero-order valence-electron chi connectivity index (χ0n) is 5.97. The molecule has 0 N–H and O–H groups in total. The molecule has 9 heavy (non-hydrogen) atoms. The first-order chi connectivity index (χ1) is 4.45. The molecule has 2 aliphatic rings. The highest BCUT2D eigenvalue weighted by atomic mass is 15.1. The zero-order valence-corrected chi connectivity index (χ0v) is 5.97. The van der Waals surface area contributed by atoms with E-state index in [0.717, 1.165) is 5.92 Å². The van der Waals surface area contributed by atoms with Crippen LogP contribution in [0.1, 0.15) is 25.7 Å². The second-order valence-corrected chi connectivity index (χ2v) is 3.45. The Balaban J connectivity index is 1.99. The van der Waals surface area contributed by atoms with Crippen LogP contribution in [0.4, 0.5) is 0 Å². The van der Waals surface area contributed by atoms with Gasteiger partial charge in [-0.25, -0.2) is 0 Å². The molecule has 2 aliphatic heterocycles. The Bertz CT molecular complexity index is 88.7. The van der Waals surface area contributed by atoms with Gasteiger partial charge in [0.05, 0.1) is 0 Å². The summed E-state index contributed by atoms with van der Waals surface area (Å²) in [6.45, 7) is 4.20. The van der Waals surface area contributed by atoms with E-state index in [2.05, 4.69) is 4.90 Å². The van der Waals surface area contributed by atoms with Crippen LogP contribution >= 0.6 is 0 Å². The van der Waals surface area contributed by atoms with Crippen LogP contribution in [0.2, 0.25) is 0 Å². The van der Waals surface area contributed by atoms with Crippen molar-refractivity contribution in [1.29, 1.82) is 0 Å². The van der Waals surface area contributed by atoms with Crippen molar-refractivity contribution in [1.82, 2.24) is 4.90 Å². The van der Waals surface area contributed by atoms with E-state index in [1.807, 2.05) is 0 Å². The monoisotopic (exact) mass is 125 g/mol. The van der Waals surface area contributed by atoms with Crippen LogP contribution in [0.3, 0.4) is 0 Å². The van der Waals surface area contributed by atoms with Crippen LogP contribution in [0.15, 0.2) is 0 Å². The molecule has 2 rings (SSSR count). The van der Waals surface area contributed by atoms with Crippen LogP contribution < -0.4 is 4.90 Å². The molecule has 0 saturated carbocycles. The molecule has 0 aliphatic carbocycles. The van der Waals surface area contributed by atoms with Gasteiger partial charge in [-0.05, 0) is 12.8 Å². The van der Waals surface area contributed by atoms with Crippen molar-refractivity contribution in [2.45, 2.75) is 25.7 Å². The van der Waals surface area contributed by atoms with Gasteiger partial charge < -0.3 is 0 Å². The minimum atomic E-state index is 1.08. The fourth-order valence-corrected chi connectivity index (χ4v) is 2.12. The Kier molecular flexibility index (Phi) is 1.46. The van der Waals surface area contributed by atoms with Gasteiger partial charge in [-0.15, -0.1) is 0 Å². The van der Waals surface area contributed by atoms with Gasteiger partial charge in [0.25, 0.3) is 0 Å². The van der Waals surface area contributed by atoms with E-state index < -0.39 is 0 Å². The SMILES string of the molecule is C1CC[N+]2CCC(C1)C2. The summed E-state index contributed by atoms with van der Waals surface area (Å²) in [7, 11) is 0. The topological polar surface area (TPSA) is 5.90 Å². The van der Waals surface area contributed by atoms with Crippen LogP contribution in [0.5, 0.6) is 0 Å². The quantitative estimate of drug-likeness (QED) is 0.431. The van der Waals surface area contributed by atoms with Crippen molar-refractivity contribution in [3.63, 3.8) is 0 Å². The van der Waals surface area contributed by atoms with Crippen molar-refractivity contribution in [3.8, 4) is 0 Å². The lowest BCUT2D eigenvalue weighted by Gasteiger charge is -2.00. The minimum Gasteiger partial charge on any atom is -0.170 e. The maximum absolute atomic E-state index is 2.62. The lowest BCUT2D eigenvalue weighted by Crippen LogP contribution is -2.26. The van der Waals surface area contributed by atoms with Gasteiger partial charge in [-0.2, -0.15) is 4.90 Å². The van der Waals surface area contributed by atoms with Crippen LogP contribution in [-0.4, -0.2) is 19.6 Å². The molecule has 2 bridgehead atoms. The molecule has 2 atom stereocenters. The molecular weight excluding hydrogens is 110 g/mol. The fraction of sp³-hybridized carbons (Fsp3) is 1.00. The molecule has 2 fully saturated rings. The summed E-state index contributed by atoms with van der Waals surface area (Å²) in [5, 5.41) is 0. The van der Waals surface area contributed by atoms with Gasteiger partial charge in [-0.3, -0.25) is 0 Å². The molecule has 1 heteroatoms. The van der Waals surface area contributed by atoms with Crippen molar-refractivity contribution in [2.24, 2.45) is 5.92 Å². The molecule has 1 nitrogen and oxygen atoms in total. The second kappa shape index (κ2) is 2.30. The molecule has 0 spiro atoms. The summed E-state index contributed by atoms with van der Waals surface area (Å²) in [6.07, 6.45) is 5.94. The molecule has 2 saturated heterocycles. The third-order valence-electron chi connectivity index (χ3n) is 2.71. The van der Waals surface area contributed by atoms with Crippen molar-refractivity contribution in [3.05, 3.63) is 0 Å². The maximum Gasteiger partial charge on any atom is 0.125 e. The Morgan fingerprint density at radius 1 is 1.00 bits per heavy atom. The van der Waals surface area contributed by atoms with Crippen LogP contribution in [0, 0.1) is 5.92 Å². The van der Waals surface area contributed by atoms with Gasteiger partial charge in [0.2, 0.25) is 0 Å². The molecular formula is C8H15N+. The lowest BCUT2D eigenvalue weighted by atomic mass is 10.0. The number of rotatable bonds is 0. The number of hydrogen-bond acceptors (Lipinski definition) is 1. The summed E-state index contributed by atoms with van der Waals surface area (Å²) in [5.41, 5.74) is 0. The van der Waals surface area contributed by atoms with Gasteiger partial charge in [-0.1, -0.05) is 0 Å². The molecule has 0 aromatic heterocycles.